The summed E-state index contributed by atoms with van der Waals surface area (Å²) in [6, 6.07) is 6.05. The largest absolute Gasteiger partial charge is 0.245 e. The van der Waals surface area contributed by atoms with Gasteiger partial charge in [-0.05, 0) is 43.7 Å². The lowest BCUT2D eigenvalue weighted by Gasteiger charge is -2.01. The molecule has 0 atom stereocenters. The zero-order chi connectivity index (χ0) is 13.1. The summed E-state index contributed by atoms with van der Waals surface area (Å²) in [6.45, 7) is 2.22. The Morgan fingerprint density at radius 2 is 2.00 bits per heavy atom. The molecule has 0 amide bonds. The van der Waals surface area contributed by atoms with E-state index >= 15 is 0 Å². The Morgan fingerprint density at radius 3 is 2.72 bits per heavy atom. The molecule has 2 heteroatoms. The summed E-state index contributed by atoms with van der Waals surface area (Å²) >= 11 is 0. The van der Waals surface area contributed by atoms with Crippen molar-refractivity contribution in [2.75, 3.05) is 0 Å². The first-order valence-corrected chi connectivity index (χ1v) is 6.87. The molecule has 0 bridgehead atoms. The molecular weight excluding hydrogens is 220 g/mol. The minimum Gasteiger partial charge on any atom is -0.245 e. The van der Waals surface area contributed by atoms with E-state index in [1.165, 1.54) is 25.7 Å². The van der Waals surface area contributed by atoms with Crippen LogP contribution in [0.5, 0.6) is 0 Å². The zero-order valence-corrected chi connectivity index (χ0v) is 11.2. The Bertz CT molecular complexity index is 402. The van der Waals surface area contributed by atoms with E-state index in [1.54, 1.807) is 6.20 Å². The molecule has 96 valence electrons. The fourth-order valence-corrected chi connectivity index (χ4v) is 1.88. The predicted octanol–water partition coefficient (Wildman–Crippen LogP) is 4.41. The van der Waals surface area contributed by atoms with E-state index < -0.39 is 0 Å². The van der Waals surface area contributed by atoms with Crippen LogP contribution in [0.1, 0.15) is 56.7 Å². The second-order valence-electron chi connectivity index (χ2n) is 4.48. The van der Waals surface area contributed by atoms with E-state index in [1.807, 2.05) is 12.1 Å². The second kappa shape index (κ2) is 9.41. The maximum atomic E-state index is 8.92. The van der Waals surface area contributed by atoms with Gasteiger partial charge in [-0.25, -0.2) is 4.98 Å². The third-order valence-corrected chi connectivity index (χ3v) is 2.96. The normalized spacial score (nSPS) is 10.7. The van der Waals surface area contributed by atoms with Gasteiger partial charge in [-0.2, -0.15) is 5.26 Å². The fourth-order valence-electron chi connectivity index (χ4n) is 1.88. The Hall–Kier alpha value is -1.62. The van der Waals surface area contributed by atoms with Crippen molar-refractivity contribution in [3.05, 3.63) is 41.7 Å². The van der Waals surface area contributed by atoms with Gasteiger partial charge in [-0.1, -0.05) is 38.0 Å². The number of aromatic nitrogens is 1. The SMILES string of the molecule is CCCCC=CCCCCc1cccnc1C#N. The molecule has 0 fully saturated rings. The molecule has 0 N–H and O–H groups in total. The van der Waals surface area contributed by atoms with Crippen molar-refractivity contribution in [2.24, 2.45) is 0 Å². The average Bonchev–Trinajstić information content (AvgIpc) is 2.42. The molecular formula is C16H22N2. The lowest BCUT2D eigenvalue weighted by molar-refractivity contribution is 0.740. The van der Waals surface area contributed by atoms with Crippen LogP contribution >= 0.6 is 0 Å². The van der Waals surface area contributed by atoms with Crippen LogP contribution in [0.15, 0.2) is 30.5 Å². The first kappa shape index (κ1) is 14.4. The number of nitriles is 1. The second-order valence-corrected chi connectivity index (χ2v) is 4.48. The first-order chi connectivity index (χ1) is 8.88. The zero-order valence-electron chi connectivity index (χ0n) is 11.2. The molecule has 0 saturated carbocycles. The highest BCUT2D eigenvalue weighted by atomic mass is 14.7. The molecule has 1 heterocycles. The van der Waals surface area contributed by atoms with Crippen molar-refractivity contribution >= 4 is 0 Å². The van der Waals surface area contributed by atoms with Gasteiger partial charge >= 0.3 is 0 Å². The maximum Gasteiger partial charge on any atom is 0.143 e. The molecule has 0 aliphatic heterocycles. The molecule has 0 aromatic carbocycles. The molecule has 0 spiro atoms. The smallest absolute Gasteiger partial charge is 0.143 e. The van der Waals surface area contributed by atoms with Crippen LogP contribution in [-0.2, 0) is 6.42 Å². The Labute approximate surface area is 110 Å². The van der Waals surface area contributed by atoms with Gasteiger partial charge in [0, 0.05) is 6.20 Å². The minimum atomic E-state index is 0.580. The lowest BCUT2D eigenvalue weighted by atomic mass is 10.1. The van der Waals surface area contributed by atoms with Crippen LogP contribution in [0, 0.1) is 11.3 Å². The fraction of sp³-hybridized carbons (Fsp3) is 0.500. The Balaban J connectivity index is 2.18. The number of hydrogen-bond donors (Lipinski definition) is 0. The summed E-state index contributed by atoms with van der Waals surface area (Å²) in [4.78, 5) is 4.07. The van der Waals surface area contributed by atoms with Crippen LogP contribution in [0.3, 0.4) is 0 Å². The van der Waals surface area contributed by atoms with Gasteiger partial charge in [0.15, 0.2) is 0 Å². The number of hydrogen-bond acceptors (Lipinski definition) is 2. The van der Waals surface area contributed by atoms with E-state index in [4.69, 9.17) is 5.26 Å². The standard InChI is InChI=1S/C16H22N2/c1-2-3-4-5-6-7-8-9-11-15-12-10-13-18-16(15)14-17/h5-6,10,12-13H,2-4,7-9,11H2,1H3. The molecule has 1 aromatic heterocycles. The van der Waals surface area contributed by atoms with E-state index in [0.717, 1.165) is 24.8 Å². The highest BCUT2D eigenvalue weighted by molar-refractivity contribution is 5.30. The van der Waals surface area contributed by atoms with E-state index in [9.17, 15) is 0 Å². The monoisotopic (exact) mass is 242 g/mol. The van der Waals surface area contributed by atoms with Crippen LogP contribution in [-0.4, -0.2) is 4.98 Å². The van der Waals surface area contributed by atoms with Crippen molar-refractivity contribution in [1.29, 1.82) is 5.26 Å². The third kappa shape index (κ3) is 5.63. The van der Waals surface area contributed by atoms with Crippen molar-refractivity contribution < 1.29 is 0 Å². The van der Waals surface area contributed by atoms with Crippen molar-refractivity contribution in [3.63, 3.8) is 0 Å². The molecule has 1 rings (SSSR count). The number of nitrogens with zero attached hydrogens (tertiary/aromatic N) is 2. The Morgan fingerprint density at radius 1 is 1.22 bits per heavy atom. The predicted molar refractivity (Wildman–Crippen MR) is 75.2 cm³/mol. The molecule has 0 aliphatic carbocycles. The average molecular weight is 242 g/mol. The Kier molecular flexibility index (Phi) is 7.55. The minimum absolute atomic E-state index is 0.580. The van der Waals surface area contributed by atoms with Gasteiger partial charge in [0.2, 0.25) is 0 Å². The molecule has 0 radical (unpaired) electrons. The van der Waals surface area contributed by atoms with E-state index in [-0.39, 0.29) is 0 Å². The molecule has 18 heavy (non-hydrogen) atoms. The summed E-state index contributed by atoms with van der Waals surface area (Å²) in [5, 5.41) is 8.92. The molecule has 0 saturated heterocycles. The van der Waals surface area contributed by atoms with Crippen LogP contribution in [0.4, 0.5) is 0 Å². The van der Waals surface area contributed by atoms with Gasteiger partial charge < -0.3 is 0 Å². The lowest BCUT2D eigenvalue weighted by Crippen LogP contribution is -1.93. The van der Waals surface area contributed by atoms with Crippen molar-refractivity contribution in [1.82, 2.24) is 4.98 Å². The van der Waals surface area contributed by atoms with Gasteiger partial charge in [0.1, 0.15) is 11.8 Å². The summed E-state index contributed by atoms with van der Waals surface area (Å²) in [5.41, 5.74) is 1.66. The van der Waals surface area contributed by atoms with Gasteiger partial charge in [-0.3, -0.25) is 0 Å². The maximum absolute atomic E-state index is 8.92. The molecule has 0 unspecified atom stereocenters. The van der Waals surface area contributed by atoms with Crippen LogP contribution in [0.25, 0.3) is 0 Å². The van der Waals surface area contributed by atoms with Crippen LogP contribution in [0.2, 0.25) is 0 Å². The number of allylic oxidation sites excluding steroid dienone is 2. The van der Waals surface area contributed by atoms with E-state index in [2.05, 4.69) is 30.1 Å². The molecule has 2 nitrogen and oxygen atoms in total. The molecule has 0 aliphatic rings. The van der Waals surface area contributed by atoms with Crippen molar-refractivity contribution in [2.45, 2.75) is 51.9 Å². The summed E-state index contributed by atoms with van der Waals surface area (Å²) in [5.74, 6) is 0. The highest BCUT2D eigenvalue weighted by Crippen LogP contribution is 2.10. The van der Waals surface area contributed by atoms with Gasteiger partial charge in [0.05, 0.1) is 0 Å². The number of rotatable bonds is 8. The summed E-state index contributed by atoms with van der Waals surface area (Å²) < 4.78 is 0. The van der Waals surface area contributed by atoms with Gasteiger partial charge in [0.25, 0.3) is 0 Å². The highest BCUT2D eigenvalue weighted by Gasteiger charge is 2.00. The summed E-state index contributed by atoms with van der Waals surface area (Å²) in [6.07, 6.45) is 14.4. The topological polar surface area (TPSA) is 36.7 Å². The van der Waals surface area contributed by atoms with Crippen molar-refractivity contribution in [3.8, 4) is 6.07 Å². The summed E-state index contributed by atoms with van der Waals surface area (Å²) in [7, 11) is 0. The quantitative estimate of drug-likeness (QED) is 0.500. The number of pyridine rings is 1. The third-order valence-electron chi connectivity index (χ3n) is 2.96. The number of unbranched alkanes of at least 4 members (excludes halogenated alkanes) is 4. The molecule has 1 aromatic rings. The number of aryl methyl sites for hydroxylation is 1. The van der Waals surface area contributed by atoms with Gasteiger partial charge in [-0.15, -0.1) is 0 Å². The van der Waals surface area contributed by atoms with Crippen LogP contribution < -0.4 is 0 Å². The van der Waals surface area contributed by atoms with E-state index in [0.29, 0.717) is 5.69 Å². The first-order valence-electron chi connectivity index (χ1n) is 6.87.